The van der Waals surface area contributed by atoms with E-state index in [9.17, 15) is 13.2 Å². The van der Waals surface area contributed by atoms with Crippen molar-refractivity contribution in [2.24, 2.45) is 0 Å². The van der Waals surface area contributed by atoms with Crippen LogP contribution in [0.5, 0.6) is 0 Å². The van der Waals surface area contributed by atoms with E-state index in [2.05, 4.69) is 33.9 Å². The molecule has 1 aliphatic rings. The summed E-state index contributed by atoms with van der Waals surface area (Å²) < 4.78 is 28.1. The summed E-state index contributed by atoms with van der Waals surface area (Å²) in [5.74, 6) is -0.166. The topological polar surface area (TPSA) is 69.7 Å². The Kier molecular flexibility index (Phi) is 7.22. The summed E-state index contributed by atoms with van der Waals surface area (Å²) in [4.78, 5) is 17.4. The van der Waals surface area contributed by atoms with Gasteiger partial charge in [-0.3, -0.25) is 14.4 Å². The second-order valence-electron chi connectivity index (χ2n) is 7.87. The molecule has 170 valence electrons. The highest BCUT2D eigenvalue weighted by molar-refractivity contribution is 7.92. The molecule has 0 unspecified atom stereocenters. The zero-order chi connectivity index (χ0) is 23.1. The van der Waals surface area contributed by atoms with E-state index in [-0.39, 0.29) is 10.8 Å². The molecule has 1 fully saturated rings. The summed E-state index contributed by atoms with van der Waals surface area (Å²) >= 11 is 0. The maximum absolute atomic E-state index is 13.2. The molecule has 1 N–H and O–H groups in total. The molecule has 0 bridgehead atoms. The number of carbonyl (C=O) groups excluding carboxylic acids is 1. The fourth-order valence-corrected chi connectivity index (χ4v) is 4.87. The molecule has 0 saturated carbocycles. The highest BCUT2D eigenvalue weighted by Crippen LogP contribution is 2.22. The van der Waals surface area contributed by atoms with E-state index in [4.69, 9.17) is 0 Å². The van der Waals surface area contributed by atoms with Gasteiger partial charge in [0.15, 0.2) is 0 Å². The van der Waals surface area contributed by atoms with Gasteiger partial charge in [-0.1, -0.05) is 72.8 Å². The number of benzene rings is 3. The maximum atomic E-state index is 13.2. The summed E-state index contributed by atoms with van der Waals surface area (Å²) in [6.45, 7) is 3.55. The van der Waals surface area contributed by atoms with Crippen LogP contribution in [0.15, 0.2) is 95.9 Å². The predicted molar refractivity (Wildman–Crippen MR) is 132 cm³/mol. The van der Waals surface area contributed by atoms with Crippen molar-refractivity contribution < 1.29 is 13.2 Å². The number of hydrogen-bond donors (Lipinski definition) is 1. The number of hydrogen-bond acceptors (Lipinski definition) is 4. The molecule has 0 atom stereocenters. The van der Waals surface area contributed by atoms with Gasteiger partial charge in [0.05, 0.1) is 16.1 Å². The van der Waals surface area contributed by atoms with Crippen molar-refractivity contribution in [1.82, 2.24) is 9.80 Å². The minimum atomic E-state index is -3.78. The maximum Gasteiger partial charge on any atom is 0.261 e. The number of piperazine rings is 1. The van der Waals surface area contributed by atoms with Crippen LogP contribution in [0.4, 0.5) is 5.69 Å². The minimum Gasteiger partial charge on any atom is -0.336 e. The number of anilines is 1. The molecule has 3 aromatic carbocycles. The third kappa shape index (κ3) is 5.88. The average molecular weight is 462 g/mol. The lowest BCUT2D eigenvalue weighted by molar-refractivity contribution is 0.0651. The number of nitrogens with one attached hydrogen (secondary N) is 1. The van der Waals surface area contributed by atoms with Gasteiger partial charge in [-0.25, -0.2) is 8.42 Å². The van der Waals surface area contributed by atoms with Crippen LogP contribution < -0.4 is 4.72 Å². The van der Waals surface area contributed by atoms with Crippen LogP contribution in [0, 0.1) is 0 Å². The second-order valence-corrected chi connectivity index (χ2v) is 9.55. The van der Waals surface area contributed by atoms with E-state index in [1.807, 2.05) is 18.2 Å². The Morgan fingerprint density at radius 3 is 2.12 bits per heavy atom. The lowest BCUT2D eigenvalue weighted by Gasteiger charge is -2.34. The standard InChI is InChI=1S/C26H27N3O3S/c30-26(29-20-18-28(19-21-29)17-9-12-22-10-3-1-4-11-22)24-15-7-8-16-25(24)27-33(31,32)23-13-5-2-6-14-23/h1-16,27H,17-21H2/b12-9+. The molecule has 4 rings (SSSR count). The molecular formula is C26H27N3O3S. The van der Waals surface area contributed by atoms with Crippen molar-refractivity contribution >= 4 is 27.7 Å². The van der Waals surface area contributed by atoms with Gasteiger partial charge in [0.1, 0.15) is 0 Å². The molecule has 6 nitrogen and oxygen atoms in total. The normalized spacial score (nSPS) is 15.0. The zero-order valence-electron chi connectivity index (χ0n) is 18.3. The summed E-state index contributed by atoms with van der Waals surface area (Å²) in [6, 6.07) is 25.1. The molecular weight excluding hydrogens is 434 g/mol. The molecule has 0 aliphatic carbocycles. The molecule has 0 spiro atoms. The van der Waals surface area contributed by atoms with E-state index in [1.54, 1.807) is 47.4 Å². The van der Waals surface area contributed by atoms with Crippen LogP contribution in [0.3, 0.4) is 0 Å². The Balaban J connectivity index is 1.38. The van der Waals surface area contributed by atoms with E-state index in [0.29, 0.717) is 24.3 Å². The number of carbonyl (C=O) groups is 1. The highest BCUT2D eigenvalue weighted by atomic mass is 32.2. The molecule has 1 saturated heterocycles. The summed E-state index contributed by atoms with van der Waals surface area (Å²) in [5.41, 5.74) is 1.81. The average Bonchev–Trinajstić information content (AvgIpc) is 2.85. The molecule has 0 radical (unpaired) electrons. The van der Waals surface area contributed by atoms with Gasteiger partial charge in [-0.2, -0.15) is 0 Å². The third-order valence-corrected chi connectivity index (χ3v) is 6.97. The van der Waals surface area contributed by atoms with Crippen molar-refractivity contribution in [3.8, 4) is 0 Å². The van der Waals surface area contributed by atoms with Crippen LogP contribution in [-0.4, -0.2) is 56.8 Å². The zero-order valence-corrected chi connectivity index (χ0v) is 19.1. The van der Waals surface area contributed by atoms with Crippen molar-refractivity contribution in [1.29, 1.82) is 0 Å². The Labute approximate surface area is 195 Å². The number of sulfonamides is 1. The number of rotatable bonds is 7. The lowest BCUT2D eigenvalue weighted by atomic mass is 10.1. The molecule has 3 aromatic rings. The molecule has 0 aromatic heterocycles. The van der Waals surface area contributed by atoms with Crippen LogP contribution in [0.2, 0.25) is 0 Å². The molecule has 7 heteroatoms. The van der Waals surface area contributed by atoms with E-state index >= 15 is 0 Å². The Bertz CT molecular complexity index is 1200. The number of nitrogens with zero attached hydrogens (tertiary/aromatic N) is 2. The Hall–Kier alpha value is -3.42. The SMILES string of the molecule is O=C(c1ccccc1NS(=O)(=O)c1ccccc1)N1CCN(C/C=C/c2ccccc2)CC1. The lowest BCUT2D eigenvalue weighted by Crippen LogP contribution is -2.48. The second kappa shape index (κ2) is 10.5. The van der Waals surface area contributed by atoms with Crippen LogP contribution in [0.1, 0.15) is 15.9 Å². The van der Waals surface area contributed by atoms with Crippen molar-refractivity contribution in [3.63, 3.8) is 0 Å². The fourth-order valence-electron chi connectivity index (χ4n) is 3.77. The van der Waals surface area contributed by atoms with Gasteiger partial charge in [-0.15, -0.1) is 0 Å². The number of amides is 1. The van der Waals surface area contributed by atoms with Gasteiger partial charge in [0.25, 0.3) is 15.9 Å². The summed E-state index contributed by atoms with van der Waals surface area (Å²) in [5, 5.41) is 0. The summed E-state index contributed by atoms with van der Waals surface area (Å²) in [7, 11) is -3.78. The minimum absolute atomic E-state index is 0.157. The highest BCUT2D eigenvalue weighted by Gasteiger charge is 2.25. The van der Waals surface area contributed by atoms with Crippen LogP contribution in [0.25, 0.3) is 6.08 Å². The van der Waals surface area contributed by atoms with Crippen molar-refractivity contribution in [2.45, 2.75) is 4.90 Å². The molecule has 1 amide bonds. The number of para-hydroxylation sites is 1. The van der Waals surface area contributed by atoms with E-state index in [1.165, 1.54) is 17.7 Å². The van der Waals surface area contributed by atoms with E-state index in [0.717, 1.165) is 19.6 Å². The van der Waals surface area contributed by atoms with Gasteiger partial charge in [-0.05, 0) is 29.8 Å². The van der Waals surface area contributed by atoms with Crippen LogP contribution in [-0.2, 0) is 10.0 Å². The first-order chi connectivity index (χ1) is 16.0. The first kappa shape index (κ1) is 22.8. The molecule has 1 aliphatic heterocycles. The molecule has 1 heterocycles. The van der Waals surface area contributed by atoms with Gasteiger partial charge in [0, 0.05) is 32.7 Å². The van der Waals surface area contributed by atoms with Gasteiger partial charge >= 0.3 is 0 Å². The summed E-state index contributed by atoms with van der Waals surface area (Å²) in [6.07, 6.45) is 4.24. The Morgan fingerprint density at radius 1 is 0.818 bits per heavy atom. The largest absolute Gasteiger partial charge is 0.336 e. The Morgan fingerprint density at radius 2 is 1.42 bits per heavy atom. The first-order valence-corrected chi connectivity index (χ1v) is 12.4. The third-order valence-electron chi connectivity index (χ3n) is 5.59. The van der Waals surface area contributed by atoms with Gasteiger partial charge in [0.2, 0.25) is 0 Å². The van der Waals surface area contributed by atoms with Crippen LogP contribution >= 0.6 is 0 Å². The monoisotopic (exact) mass is 461 g/mol. The smallest absolute Gasteiger partial charge is 0.261 e. The van der Waals surface area contributed by atoms with E-state index < -0.39 is 10.0 Å². The van der Waals surface area contributed by atoms with Crippen molar-refractivity contribution in [3.05, 3.63) is 102 Å². The van der Waals surface area contributed by atoms with Crippen molar-refractivity contribution in [2.75, 3.05) is 37.4 Å². The quantitative estimate of drug-likeness (QED) is 0.578. The molecule has 33 heavy (non-hydrogen) atoms. The van der Waals surface area contributed by atoms with Gasteiger partial charge < -0.3 is 4.90 Å². The fraction of sp³-hybridized carbons (Fsp3) is 0.192. The first-order valence-electron chi connectivity index (χ1n) is 10.9. The predicted octanol–water partition coefficient (Wildman–Crippen LogP) is 3.96.